The van der Waals surface area contributed by atoms with Crippen molar-refractivity contribution in [1.29, 1.82) is 0 Å². The van der Waals surface area contributed by atoms with E-state index in [4.69, 9.17) is 5.11 Å². The van der Waals surface area contributed by atoms with Gasteiger partial charge in [0, 0.05) is 12.7 Å². The van der Waals surface area contributed by atoms with Gasteiger partial charge in [0.05, 0.1) is 5.56 Å². The molecule has 3 nitrogen and oxygen atoms in total. The first-order valence-corrected chi connectivity index (χ1v) is 5.37. The van der Waals surface area contributed by atoms with E-state index >= 15 is 0 Å². The van der Waals surface area contributed by atoms with Crippen LogP contribution < -0.4 is 10.8 Å². The van der Waals surface area contributed by atoms with E-state index in [1.165, 1.54) is 27.8 Å². The van der Waals surface area contributed by atoms with Crippen molar-refractivity contribution in [3.8, 4) is 0 Å². The molecular formula is C11H14BF3NO2-. The van der Waals surface area contributed by atoms with Crippen LogP contribution in [0.25, 0.3) is 0 Å². The molecule has 100 valence electrons. The Morgan fingerprint density at radius 3 is 1.94 bits per heavy atom. The molecule has 0 saturated carbocycles. The van der Waals surface area contributed by atoms with Crippen LogP contribution in [0.4, 0.5) is 18.6 Å². The molecule has 0 saturated heterocycles. The predicted molar refractivity (Wildman–Crippen MR) is 65.9 cm³/mol. The summed E-state index contributed by atoms with van der Waals surface area (Å²) < 4.78 is 39.1. The van der Waals surface area contributed by atoms with Crippen LogP contribution in [-0.4, -0.2) is 25.1 Å². The molecule has 0 radical (unpaired) electrons. The van der Waals surface area contributed by atoms with Crippen molar-refractivity contribution in [3.63, 3.8) is 0 Å². The lowest BCUT2D eigenvalue weighted by Gasteiger charge is -2.26. The summed E-state index contributed by atoms with van der Waals surface area (Å²) in [5, 5.41) is 11.7. The molecule has 1 aromatic rings. The normalized spacial score (nSPS) is 11.5. The minimum atomic E-state index is -5.25. The van der Waals surface area contributed by atoms with Gasteiger partial charge in [-0.2, -0.15) is 0 Å². The van der Waals surface area contributed by atoms with Gasteiger partial charge in [0.1, 0.15) is 0 Å². The summed E-state index contributed by atoms with van der Waals surface area (Å²) in [5.74, 6) is -1.34. The molecule has 0 unspecified atom stereocenters. The summed E-state index contributed by atoms with van der Waals surface area (Å²) in [5.41, 5.74) is -0.716. The van der Waals surface area contributed by atoms with Gasteiger partial charge in [-0.05, 0) is 26.3 Å². The third-order valence-corrected chi connectivity index (χ3v) is 3.10. The largest absolute Gasteiger partial charge is 0.510 e. The summed E-state index contributed by atoms with van der Waals surface area (Å²) >= 11 is 0. The summed E-state index contributed by atoms with van der Waals surface area (Å²) in [6.07, 6.45) is 0. The summed E-state index contributed by atoms with van der Waals surface area (Å²) in [6, 6.07) is 0. The number of aromatic carboxylic acids is 1. The molecule has 0 heterocycles. The van der Waals surface area contributed by atoms with E-state index in [1.54, 1.807) is 0 Å². The van der Waals surface area contributed by atoms with E-state index in [0.717, 1.165) is 0 Å². The van der Waals surface area contributed by atoms with Gasteiger partial charge in [-0.25, -0.2) is 4.79 Å². The Bertz CT molecular complexity index is 512. The van der Waals surface area contributed by atoms with Gasteiger partial charge in [-0.15, -0.1) is 0 Å². The maximum Gasteiger partial charge on any atom is 0.510 e. The van der Waals surface area contributed by atoms with Crippen LogP contribution in [-0.2, 0) is 0 Å². The molecule has 0 aliphatic rings. The number of rotatable bonds is 3. The second kappa shape index (κ2) is 4.55. The van der Waals surface area contributed by atoms with Crippen molar-refractivity contribution in [2.45, 2.75) is 20.8 Å². The summed E-state index contributed by atoms with van der Waals surface area (Å²) in [7, 11) is 1.48. The SMILES string of the molecule is CNc1c(C)c(C(=O)O)c(C)c([B-](F)(F)F)c1C. The van der Waals surface area contributed by atoms with E-state index in [1.807, 2.05) is 0 Å². The summed E-state index contributed by atoms with van der Waals surface area (Å²) in [6.45, 7) is -1.19. The van der Waals surface area contributed by atoms with Gasteiger partial charge >= 0.3 is 12.9 Å². The number of nitrogens with one attached hydrogen (secondary N) is 1. The van der Waals surface area contributed by atoms with Crippen LogP contribution >= 0.6 is 0 Å². The standard InChI is InChI=1S/C11H14BF3NO2/c1-5-8(11(17)18)6(2)10(16-4)7(3)9(5)12(13,14)15/h16H,1-4H3,(H,17,18)/q-1. The van der Waals surface area contributed by atoms with Crippen LogP contribution in [0.15, 0.2) is 0 Å². The monoisotopic (exact) mass is 260 g/mol. The maximum absolute atomic E-state index is 13.0. The molecule has 1 aromatic carbocycles. The van der Waals surface area contributed by atoms with Gasteiger partial charge in [0.25, 0.3) is 0 Å². The Morgan fingerprint density at radius 1 is 1.11 bits per heavy atom. The number of benzene rings is 1. The van der Waals surface area contributed by atoms with E-state index in [-0.39, 0.29) is 22.4 Å². The molecule has 0 aliphatic heterocycles. The summed E-state index contributed by atoms with van der Waals surface area (Å²) in [4.78, 5) is 11.1. The Hall–Kier alpha value is -1.66. The van der Waals surface area contributed by atoms with Crippen LogP contribution in [0, 0.1) is 20.8 Å². The number of carbonyl (C=O) groups is 1. The highest BCUT2D eigenvalue weighted by molar-refractivity contribution is 6.74. The lowest BCUT2D eigenvalue weighted by molar-refractivity contribution is 0.0695. The first-order chi connectivity index (χ1) is 8.12. The number of hydrogen-bond acceptors (Lipinski definition) is 2. The van der Waals surface area contributed by atoms with Gasteiger partial charge in [0.15, 0.2) is 0 Å². The van der Waals surface area contributed by atoms with Crippen molar-refractivity contribution in [1.82, 2.24) is 0 Å². The molecule has 0 atom stereocenters. The van der Waals surface area contributed by atoms with Crippen molar-refractivity contribution < 1.29 is 22.8 Å². The molecule has 0 amide bonds. The molecule has 0 bridgehead atoms. The van der Waals surface area contributed by atoms with Gasteiger partial charge in [-0.3, -0.25) is 0 Å². The highest BCUT2D eigenvalue weighted by Crippen LogP contribution is 2.28. The van der Waals surface area contributed by atoms with E-state index in [9.17, 15) is 17.7 Å². The first-order valence-electron chi connectivity index (χ1n) is 5.37. The third kappa shape index (κ3) is 2.17. The Morgan fingerprint density at radius 2 is 1.61 bits per heavy atom. The zero-order valence-electron chi connectivity index (χ0n) is 10.6. The minimum absolute atomic E-state index is 0.0463. The molecular weight excluding hydrogens is 246 g/mol. The molecule has 0 aliphatic carbocycles. The van der Waals surface area contributed by atoms with Crippen LogP contribution in [0.1, 0.15) is 27.0 Å². The Kier molecular flexibility index (Phi) is 3.64. The first kappa shape index (κ1) is 14.4. The number of carboxylic acids is 1. The zero-order valence-corrected chi connectivity index (χ0v) is 10.6. The fourth-order valence-electron chi connectivity index (χ4n) is 2.42. The molecule has 0 fully saturated rings. The fraction of sp³-hybridized carbons (Fsp3) is 0.364. The number of carboxylic acid groups (broad SMARTS) is 1. The van der Waals surface area contributed by atoms with E-state index < -0.39 is 18.4 Å². The molecule has 2 N–H and O–H groups in total. The van der Waals surface area contributed by atoms with Gasteiger partial charge in [0.2, 0.25) is 0 Å². The molecule has 0 spiro atoms. The smallest absolute Gasteiger partial charge is 0.478 e. The van der Waals surface area contributed by atoms with Crippen molar-refractivity contribution in [2.75, 3.05) is 12.4 Å². The topological polar surface area (TPSA) is 49.3 Å². The third-order valence-electron chi connectivity index (χ3n) is 3.10. The van der Waals surface area contributed by atoms with Crippen molar-refractivity contribution in [2.24, 2.45) is 0 Å². The van der Waals surface area contributed by atoms with Gasteiger partial charge in [-0.1, -0.05) is 16.6 Å². The molecule has 7 heteroatoms. The van der Waals surface area contributed by atoms with Crippen LogP contribution in [0.5, 0.6) is 0 Å². The maximum atomic E-state index is 13.0. The average molecular weight is 260 g/mol. The number of halogens is 3. The highest BCUT2D eigenvalue weighted by atomic mass is 19.4. The molecule has 18 heavy (non-hydrogen) atoms. The fourth-order valence-corrected chi connectivity index (χ4v) is 2.42. The number of anilines is 1. The van der Waals surface area contributed by atoms with Crippen molar-refractivity contribution >= 4 is 24.1 Å². The van der Waals surface area contributed by atoms with Crippen LogP contribution in [0.3, 0.4) is 0 Å². The van der Waals surface area contributed by atoms with Gasteiger partial charge < -0.3 is 23.4 Å². The Labute approximate surface area is 103 Å². The molecule has 1 rings (SSSR count). The van der Waals surface area contributed by atoms with E-state index in [0.29, 0.717) is 5.56 Å². The lowest BCUT2D eigenvalue weighted by atomic mass is 9.71. The highest BCUT2D eigenvalue weighted by Gasteiger charge is 2.33. The molecule has 0 aromatic heterocycles. The van der Waals surface area contributed by atoms with E-state index in [2.05, 4.69) is 5.32 Å². The average Bonchev–Trinajstić information content (AvgIpc) is 2.14. The van der Waals surface area contributed by atoms with Crippen LogP contribution in [0.2, 0.25) is 0 Å². The van der Waals surface area contributed by atoms with Crippen molar-refractivity contribution in [3.05, 3.63) is 22.3 Å². The quantitative estimate of drug-likeness (QED) is 0.820. The second-order valence-electron chi connectivity index (χ2n) is 4.17. The predicted octanol–water partition coefficient (Wildman–Crippen LogP) is 2.41. The minimum Gasteiger partial charge on any atom is -0.478 e. The number of hydrogen-bond donors (Lipinski definition) is 2. The zero-order chi connectivity index (χ0) is 14.2. The Balaban J connectivity index is 3.84. The second-order valence-corrected chi connectivity index (χ2v) is 4.17. The lowest BCUT2D eigenvalue weighted by Crippen LogP contribution is -2.40.